The number of likely N-dealkylation sites (tertiary alicyclic amines) is 1. The van der Waals surface area contributed by atoms with E-state index in [1.165, 1.54) is 15.9 Å². The summed E-state index contributed by atoms with van der Waals surface area (Å²) in [6.07, 6.45) is 0.795. The van der Waals surface area contributed by atoms with Gasteiger partial charge in [0.15, 0.2) is 11.5 Å². The molecule has 1 saturated heterocycles. The maximum absolute atomic E-state index is 13.9. The number of hydrogen-bond acceptors (Lipinski definition) is 4. The molecule has 2 heterocycles. The summed E-state index contributed by atoms with van der Waals surface area (Å²) in [6, 6.07) is 31.7. The number of carbonyl (C=O) groups is 1. The molecule has 4 aromatic rings. The fourth-order valence-corrected chi connectivity index (χ4v) is 9.53. The Hall–Kier alpha value is -2.89. The highest BCUT2D eigenvalue weighted by Gasteiger charge is 2.58. The van der Waals surface area contributed by atoms with Gasteiger partial charge in [-0.1, -0.05) is 59.8 Å². The number of nitrogens with zero attached hydrogens (tertiary/aromatic N) is 4. The molecule has 32 heavy (non-hydrogen) atoms. The van der Waals surface area contributed by atoms with Crippen LogP contribution >= 0.6 is 7.26 Å². The van der Waals surface area contributed by atoms with Gasteiger partial charge in [-0.05, 0) is 36.4 Å². The zero-order valence-corrected chi connectivity index (χ0v) is 19.9. The van der Waals surface area contributed by atoms with Gasteiger partial charge < -0.3 is 21.9 Å². The number of nitrogens with one attached hydrogen (secondary N) is 1. The maximum Gasteiger partial charge on any atom is 0.265 e. The normalized spacial score (nSPS) is 16.1. The van der Waals surface area contributed by atoms with E-state index in [-0.39, 0.29) is 28.5 Å². The average Bonchev–Trinajstić information content (AvgIpc) is 3.48. The highest BCUT2D eigenvalue weighted by Crippen LogP contribution is 2.62. The first-order chi connectivity index (χ1) is 15.3. The average molecular weight is 508 g/mol. The second-order valence-electron chi connectivity index (χ2n) is 7.62. The van der Waals surface area contributed by atoms with E-state index in [9.17, 15) is 4.79 Å². The van der Waals surface area contributed by atoms with Crippen LogP contribution in [0, 0.1) is 0 Å². The zero-order chi connectivity index (χ0) is 21.1. The van der Waals surface area contributed by atoms with Crippen LogP contribution < -0.4 is 32.9 Å². The molecule has 1 N–H and O–H groups in total. The van der Waals surface area contributed by atoms with Crippen LogP contribution in [0.2, 0.25) is 0 Å². The maximum atomic E-state index is 13.9. The zero-order valence-electron chi connectivity index (χ0n) is 17.4. The molecule has 1 atom stereocenters. The van der Waals surface area contributed by atoms with Gasteiger partial charge in [-0.3, -0.25) is 4.79 Å². The molecule has 1 aromatic heterocycles. The molecular formula is C24H23BrN5OP. The van der Waals surface area contributed by atoms with Crippen LogP contribution in [0.5, 0.6) is 0 Å². The number of tetrazole rings is 1. The predicted molar refractivity (Wildman–Crippen MR) is 123 cm³/mol. The van der Waals surface area contributed by atoms with Gasteiger partial charge in [-0.2, -0.15) is 5.21 Å². The summed E-state index contributed by atoms with van der Waals surface area (Å²) in [5.74, 6) is 0.701. The minimum Gasteiger partial charge on any atom is -1.00 e. The van der Waals surface area contributed by atoms with Crippen LogP contribution in [0.1, 0.15) is 12.2 Å². The summed E-state index contributed by atoms with van der Waals surface area (Å²) in [7, 11) is -2.24. The van der Waals surface area contributed by atoms with Crippen LogP contribution in [0.4, 0.5) is 0 Å². The molecular weight excluding hydrogens is 485 g/mol. The summed E-state index contributed by atoms with van der Waals surface area (Å²) in [5, 5.41) is 17.9. The van der Waals surface area contributed by atoms with E-state index in [1.54, 1.807) is 0 Å². The second-order valence-corrected chi connectivity index (χ2v) is 11.2. The van der Waals surface area contributed by atoms with Gasteiger partial charge in [0.1, 0.15) is 23.2 Å². The number of aromatic amines is 1. The topological polar surface area (TPSA) is 74.8 Å². The standard InChI is InChI=1S/C24H23N5OP.BrH/c30-24-22(16-17-29(24)18-23-25-27-28-26-23)31(19-10-4-1-5-11-19,20-12-6-2-7-13-20)21-14-8-3-9-15-21;/h1-15,22H,16-18H2,(H,25,26,27,28);1H/q+1;/p-1. The summed E-state index contributed by atoms with van der Waals surface area (Å²) >= 11 is 0. The van der Waals surface area contributed by atoms with E-state index in [0.717, 1.165) is 6.42 Å². The van der Waals surface area contributed by atoms with Crippen LogP contribution in [-0.2, 0) is 11.3 Å². The van der Waals surface area contributed by atoms with Crippen LogP contribution in [-0.4, -0.2) is 43.6 Å². The van der Waals surface area contributed by atoms with Crippen LogP contribution in [0.15, 0.2) is 91.0 Å². The highest BCUT2D eigenvalue weighted by molar-refractivity contribution is 7.96. The molecule has 1 unspecified atom stereocenters. The molecule has 1 amide bonds. The molecule has 1 aliphatic rings. The number of benzene rings is 3. The predicted octanol–water partition coefficient (Wildman–Crippen LogP) is -0.701. The van der Waals surface area contributed by atoms with E-state index in [4.69, 9.17) is 0 Å². The number of aromatic nitrogens is 4. The van der Waals surface area contributed by atoms with Gasteiger partial charge in [-0.25, -0.2) is 0 Å². The van der Waals surface area contributed by atoms with Crippen molar-refractivity contribution < 1.29 is 21.8 Å². The number of carbonyl (C=O) groups excluding carboxylic acids is 1. The van der Waals surface area contributed by atoms with Gasteiger partial charge in [0.05, 0.1) is 6.54 Å². The van der Waals surface area contributed by atoms with E-state index in [0.29, 0.717) is 18.9 Å². The minimum absolute atomic E-state index is 0. The third-order valence-electron chi connectivity index (χ3n) is 5.95. The molecule has 3 aromatic carbocycles. The van der Waals surface area contributed by atoms with E-state index >= 15 is 0 Å². The van der Waals surface area contributed by atoms with Gasteiger partial charge >= 0.3 is 0 Å². The van der Waals surface area contributed by atoms with Gasteiger partial charge in [-0.15, -0.1) is 10.2 Å². The molecule has 6 nitrogen and oxygen atoms in total. The van der Waals surface area contributed by atoms with Gasteiger partial charge in [0.25, 0.3) is 5.91 Å². The van der Waals surface area contributed by atoms with Crippen molar-refractivity contribution in [3.63, 3.8) is 0 Å². The first-order valence-electron chi connectivity index (χ1n) is 10.4. The Morgan fingerprint density at radius 1 is 0.844 bits per heavy atom. The van der Waals surface area contributed by atoms with Crippen LogP contribution in [0.3, 0.4) is 0 Å². The monoisotopic (exact) mass is 507 g/mol. The third kappa shape index (κ3) is 3.87. The first kappa shape index (κ1) is 22.3. The Labute approximate surface area is 198 Å². The highest BCUT2D eigenvalue weighted by atomic mass is 79.9. The number of amides is 1. The first-order valence-corrected chi connectivity index (χ1v) is 12.2. The largest absolute Gasteiger partial charge is 1.00 e. The molecule has 8 heteroatoms. The van der Waals surface area contributed by atoms with Crippen molar-refractivity contribution in [3.8, 4) is 0 Å². The van der Waals surface area contributed by atoms with Crippen molar-refractivity contribution in [1.82, 2.24) is 25.5 Å². The number of rotatable bonds is 6. The summed E-state index contributed by atoms with van der Waals surface area (Å²) in [6.45, 7) is 1.07. The number of hydrogen-bond donors (Lipinski definition) is 1. The van der Waals surface area contributed by atoms with Crippen molar-refractivity contribution in [2.45, 2.75) is 18.6 Å². The molecule has 0 bridgehead atoms. The number of H-pyrrole nitrogens is 1. The molecule has 0 saturated carbocycles. The lowest BCUT2D eigenvalue weighted by Crippen LogP contribution is -3.00. The lowest BCUT2D eigenvalue weighted by molar-refractivity contribution is -0.127. The second kappa shape index (κ2) is 9.72. The van der Waals surface area contributed by atoms with E-state index in [1.807, 2.05) is 23.1 Å². The Balaban J connectivity index is 0.00000245. The fraction of sp³-hybridized carbons (Fsp3) is 0.167. The Morgan fingerprint density at radius 3 is 1.78 bits per heavy atom. The SMILES string of the molecule is O=C1C([P+](c2ccccc2)(c2ccccc2)c2ccccc2)CCN1Cc1nn[nH]n1.[Br-]. The van der Waals surface area contributed by atoms with Crippen molar-refractivity contribution >= 4 is 29.1 Å². The minimum atomic E-state index is -2.24. The Kier molecular flexibility index (Phi) is 6.77. The molecule has 0 aliphatic carbocycles. The Bertz CT molecular complexity index is 1050. The Morgan fingerprint density at radius 2 is 1.34 bits per heavy atom. The molecule has 0 radical (unpaired) electrons. The quantitative estimate of drug-likeness (QED) is 0.350. The fourth-order valence-electron chi connectivity index (χ4n) is 4.64. The summed E-state index contributed by atoms with van der Waals surface area (Å²) in [4.78, 5) is 15.7. The van der Waals surface area contributed by atoms with E-state index < -0.39 is 7.26 Å². The molecule has 0 spiro atoms. The molecule has 5 rings (SSSR count). The molecule has 162 valence electrons. The summed E-state index contributed by atoms with van der Waals surface area (Å²) < 4.78 is 0. The lowest BCUT2D eigenvalue weighted by atomic mass is 10.3. The van der Waals surface area contributed by atoms with Gasteiger partial charge in [0, 0.05) is 13.0 Å². The molecule has 1 aliphatic heterocycles. The summed E-state index contributed by atoms with van der Waals surface area (Å²) in [5.41, 5.74) is -0.133. The van der Waals surface area contributed by atoms with Crippen molar-refractivity contribution in [1.29, 1.82) is 0 Å². The van der Waals surface area contributed by atoms with Crippen LogP contribution in [0.25, 0.3) is 0 Å². The van der Waals surface area contributed by atoms with E-state index in [2.05, 4.69) is 93.4 Å². The van der Waals surface area contributed by atoms with Crippen molar-refractivity contribution in [2.75, 3.05) is 6.54 Å². The van der Waals surface area contributed by atoms with Crippen molar-refractivity contribution in [3.05, 3.63) is 96.8 Å². The smallest absolute Gasteiger partial charge is 0.265 e. The van der Waals surface area contributed by atoms with Crippen molar-refractivity contribution in [2.24, 2.45) is 0 Å². The number of halogens is 1. The third-order valence-corrected chi connectivity index (χ3v) is 10.7. The molecule has 1 fully saturated rings. The van der Waals surface area contributed by atoms with Gasteiger partial charge in [0.2, 0.25) is 0 Å². The lowest BCUT2D eigenvalue weighted by Gasteiger charge is -2.31.